The molecule has 4 nitrogen and oxygen atoms in total. The van der Waals surface area contributed by atoms with Crippen LogP contribution in [0.15, 0.2) is 0 Å². The summed E-state index contributed by atoms with van der Waals surface area (Å²) in [5, 5.41) is 16.6. The summed E-state index contributed by atoms with van der Waals surface area (Å²) in [7, 11) is 0. The molecule has 0 aliphatic heterocycles. The third-order valence-corrected chi connectivity index (χ3v) is 2.00. The molecular formula is C12H26O4. The summed E-state index contributed by atoms with van der Waals surface area (Å²) in [6, 6.07) is 0. The quantitative estimate of drug-likeness (QED) is 0.632. The fourth-order valence-electron chi connectivity index (χ4n) is 0.945. The minimum Gasteiger partial charge on any atom is -0.481 e. The van der Waals surface area contributed by atoms with Gasteiger partial charge >= 0.3 is 5.97 Å². The van der Waals surface area contributed by atoms with E-state index < -0.39 is 5.97 Å². The molecule has 0 saturated carbocycles. The second kappa shape index (κ2) is 14.4. The minimum atomic E-state index is -0.677. The summed E-state index contributed by atoms with van der Waals surface area (Å²) < 4.78 is 4.88. The van der Waals surface area contributed by atoms with Gasteiger partial charge in [0, 0.05) is 6.61 Å². The number of aliphatic hydroxyl groups excluding tert-OH is 1. The molecule has 4 heteroatoms. The molecule has 0 aliphatic rings. The van der Waals surface area contributed by atoms with Crippen LogP contribution < -0.4 is 0 Å². The molecule has 0 fully saturated rings. The lowest BCUT2D eigenvalue weighted by molar-refractivity contribution is -0.141. The number of ether oxygens (including phenoxy) is 1. The number of rotatable bonds is 8. The summed E-state index contributed by atoms with van der Waals surface area (Å²) >= 11 is 0. The average molecular weight is 234 g/mol. The fraction of sp³-hybridized carbons (Fsp3) is 0.917. The Kier molecular flexibility index (Phi) is 16.0. The van der Waals surface area contributed by atoms with Gasteiger partial charge in [-0.25, -0.2) is 0 Å². The maximum atomic E-state index is 10.2. The van der Waals surface area contributed by atoms with E-state index in [1.165, 1.54) is 0 Å². The van der Waals surface area contributed by atoms with Crippen molar-refractivity contribution in [3.8, 4) is 0 Å². The number of aliphatic carboxylic acids is 1. The van der Waals surface area contributed by atoms with Crippen LogP contribution in [0.2, 0.25) is 0 Å². The zero-order chi connectivity index (χ0) is 12.8. The number of hydrogen-bond acceptors (Lipinski definition) is 3. The number of carboxylic acids is 1. The third-order valence-electron chi connectivity index (χ3n) is 2.00. The molecule has 1 unspecified atom stereocenters. The Bertz CT molecular complexity index is 144. The first-order valence-corrected chi connectivity index (χ1v) is 6.01. The standard InChI is InChI=1S/C7H14O2.C5H12O2/c1-3-4-5-6(2)7(8)9;1-2-4-7-5-3-6/h6H,3-5H2,1-2H3,(H,8,9);6H,2-5H2,1H3. The van der Waals surface area contributed by atoms with Crippen molar-refractivity contribution in [3.05, 3.63) is 0 Å². The number of carbonyl (C=O) groups is 1. The molecule has 0 heterocycles. The maximum absolute atomic E-state index is 10.2. The normalized spacial score (nSPS) is 11.5. The Hall–Kier alpha value is -0.610. The van der Waals surface area contributed by atoms with Crippen LogP contribution in [0.25, 0.3) is 0 Å². The van der Waals surface area contributed by atoms with Gasteiger partial charge in [-0.2, -0.15) is 0 Å². The molecule has 0 rings (SSSR count). The molecule has 0 spiro atoms. The Morgan fingerprint density at radius 3 is 2.25 bits per heavy atom. The Labute approximate surface area is 98.6 Å². The first-order valence-electron chi connectivity index (χ1n) is 6.01. The van der Waals surface area contributed by atoms with E-state index in [1.807, 2.05) is 6.92 Å². The van der Waals surface area contributed by atoms with E-state index in [-0.39, 0.29) is 12.5 Å². The largest absolute Gasteiger partial charge is 0.481 e. The highest BCUT2D eigenvalue weighted by atomic mass is 16.5. The smallest absolute Gasteiger partial charge is 0.306 e. The van der Waals surface area contributed by atoms with Crippen molar-refractivity contribution in [1.82, 2.24) is 0 Å². The van der Waals surface area contributed by atoms with Crippen LogP contribution in [-0.2, 0) is 9.53 Å². The third kappa shape index (κ3) is 15.8. The van der Waals surface area contributed by atoms with Crippen molar-refractivity contribution < 1.29 is 19.7 Å². The van der Waals surface area contributed by atoms with Crippen LogP contribution in [-0.4, -0.2) is 36.0 Å². The molecule has 1 atom stereocenters. The topological polar surface area (TPSA) is 66.8 Å². The van der Waals surface area contributed by atoms with Crippen LogP contribution in [0, 0.1) is 5.92 Å². The van der Waals surface area contributed by atoms with Gasteiger partial charge in [0.15, 0.2) is 0 Å². The fourth-order valence-corrected chi connectivity index (χ4v) is 0.945. The molecule has 0 aromatic rings. The predicted octanol–water partition coefficient (Wildman–Crippen LogP) is 2.30. The second-order valence-electron chi connectivity index (χ2n) is 3.72. The molecule has 2 N–H and O–H groups in total. The zero-order valence-corrected chi connectivity index (χ0v) is 10.7. The van der Waals surface area contributed by atoms with Gasteiger partial charge in [-0.05, 0) is 12.8 Å². The van der Waals surface area contributed by atoms with Crippen LogP contribution >= 0.6 is 0 Å². The Morgan fingerprint density at radius 2 is 1.88 bits per heavy atom. The molecule has 0 saturated heterocycles. The first-order chi connectivity index (χ1) is 7.59. The van der Waals surface area contributed by atoms with E-state index in [0.717, 1.165) is 32.3 Å². The van der Waals surface area contributed by atoms with Gasteiger partial charge in [0.2, 0.25) is 0 Å². The highest BCUT2D eigenvalue weighted by Gasteiger charge is 2.08. The van der Waals surface area contributed by atoms with E-state index in [1.54, 1.807) is 6.92 Å². The van der Waals surface area contributed by atoms with Crippen LogP contribution in [0.5, 0.6) is 0 Å². The molecule has 0 aliphatic carbocycles. The first kappa shape index (κ1) is 17.8. The van der Waals surface area contributed by atoms with E-state index in [0.29, 0.717) is 6.61 Å². The molecular weight excluding hydrogens is 208 g/mol. The van der Waals surface area contributed by atoms with Gasteiger partial charge in [-0.3, -0.25) is 4.79 Å². The molecule has 0 aromatic carbocycles. The molecule has 0 radical (unpaired) electrons. The minimum absolute atomic E-state index is 0.139. The summed E-state index contributed by atoms with van der Waals surface area (Å²) in [5.41, 5.74) is 0. The Morgan fingerprint density at radius 1 is 1.25 bits per heavy atom. The lowest BCUT2D eigenvalue weighted by atomic mass is 10.1. The summed E-state index contributed by atoms with van der Waals surface area (Å²) in [6.45, 7) is 7.23. The van der Waals surface area contributed by atoms with Crippen LogP contribution in [0.3, 0.4) is 0 Å². The monoisotopic (exact) mass is 234 g/mol. The predicted molar refractivity (Wildman–Crippen MR) is 64.5 cm³/mol. The van der Waals surface area contributed by atoms with Crippen LogP contribution in [0.1, 0.15) is 46.5 Å². The molecule has 0 amide bonds. The molecule has 0 bridgehead atoms. The van der Waals surface area contributed by atoms with E-state index in [2.05, 4.69) is 6.92 Å². The number of aliphatic hydroxyl groups is 1. The zero-order valence-electron chi connectivity index (χ0n) is 10.7. The number of unbranched alkanes of at least 4 members (excludes halogenated alkanes) is 1. The van der Waals surface area contributed by atoms with Crippen molar-refractivity contribution >= 4 is 5.97 Å². The van der Waals surface area contributed by atoms with Crippen LogP contribution in [0.4, 0.5) is 0 Å². The summed E-state index contributed by atoms with van der Waals surface area (Å²) in [6.07, 6.45) is 3.94. The van der Waals surface area contributed by atoms with Gasteiger partial charge in [-0.15, -0.1) is 0 Å². The summed E-state index contributed by atoms with van der Waals surface area (Å²) in [4.78, 5) is 10.2. The van der Waals surface area contributed by atoms with Crippen molar-refractivity contribution in [2.24, 2.45) is 5.92 Å². The van der Waals surface area contributed by atoms with Gasteiger partial charge in [0.1, 0.15) is 0 Å². The SMILES string of the molecule is CCCCC(C)C(=O)O.CCCOCCO. The van der Waals surface area contributed by atoms with Gasteiger partial charge in [0.05, 0.1) is 19.1 Å². The van der Waals surface area contributed by atoms with E-state index in [9.17, 15) is 4.79 Å². The summed E-state index contributed by atoms with van der Waals surface area (Å²) in [5.74, 6) is -0.839. The Balaban J connectivity index is 0. The van der Waals surface area contributed by atoms with E-state index in [4.69, 9.17) is 14.9 Å². The number of carboxylic acid groups (broad SMARTS) is 1. The lowest BCUT2D eigenvalue weighted by Crippen LogP contribution is -2.08. The van der Waals surface area contributed by atoms with Crippen molar-refractivity contribution in [2.75, 3.05) is 19.8 Å². The van der Waals surface area contributed by atoms with Gasteiger partial charge in [-0.1, -0.05) is 33.6 Å². The number of hydrogen-bond donors (Lipinski definition) is 2. The second-order valence-corrected chi connectivity index (χ2v) is 3.72. The molecule has 0 aromatic heterocycles. The van der Waals surface area contributed by atoms with E-state index >= 15 is 0 Å². The van der Waals surface area contributed by atoms with Crippen molar-refractivity contribution in [1.29, 1.82) is 0 Å². The highest BCUT2D eigenvalue weighted by molar-refractivity contribution is 5.69. The van der Waals surface area contributed by atoms with Crippen molar-refractivity contribution in [2.45, 2.75) is 46.5 Å². The van der Waals surface area contributed by atoms with Crippen molar-refractivity contribution in [3.63, 3.8) is 0 Å². The highest BCUT2D eigenvalue weighted by Crippen LogP contribution is 2.06. The van der Waals surface area contributed by atoms with Gasteiger partial charge < -0.3 is 14.9 Å². The molecule has 98 valence electrons. The maximum Gasteiger partial charge on any atom is 0.306 e. The van der Waals surface area contributed by atoms with Gasteiger partial charge in [0.25, 0.3) is 0 Å². The lowest BCUT2D eigenvalue weighted by Gasteiger charge is -2.02. The molecule has 16 heavy (non-hydrogen) atoms. The average Bonchev–Trinajstić information content (AvgIpc) is 2.27.